The largest absolute Gasteiger partial charge is 0.545 e. The molecule has 108 valence electrons. The second-order valence-electron chi connectivity index (χ2n) is 5.27. The number of hydrogen-bond donors (Lipinski definition) is 0. The van der Waals surface area contributed by atoms with Crippen LogP contribution >= 0.6 is 0 Å². The van der Waals surface area contributed by atoms with E-state index in [1.807, 2.05) is 44.2 Å². The molecule has 0 aliphatic carbocycles. The van der Waals surface area contributed by atoms with Crippen LogP contribution in [0, 0.1) is 10.1 Å². The zero-order valence-electron chi connectivity index (χ0n) is 11.7. The van der Waals surface area contributed by atoms with Gasteiger partial charge in [-0.2, -0.15) is 0 Å². The van der Waals surface area contributed by atoms with Crippen molar-refractivity contribution in [2.75, 3.05) is 0 Å². The van der Waals surface area contributed by atoms with E-state index in [1.54, 1.807) is 0 Å². The summed E-state index contributed by atoms with van der Waals surface area (Å²) in [5, 5.41) is 22.2. The number of nitro benzene ring substituents is 1. The highest BCUT2D eigenvalue weighted by molar-refractivity contribution is 5.89. The molecule has 0 radical (unpaired) electrons. The summed E-state index contributed by atoms with van der Waals surface area (Å²) in [6, 6.07) is 13.0. The van der Waals surface area contributed by atoms with Gasteiger partial charge in [-0.05, 0) is 17.2 Å². The normalized spacial score (nSPS) is 11.1. The van der Waals surface area contributed by atoms with Crippen molar-refractivity contribution in [1.82, 2.24) is 0 Å². The predicted octanol–water partition coefficient (Wildman–Crippen LogP) is 2.28. The highest BCUT2D eigenvalue weighted by atomic mass is 16.6. The summed E-state index contributed by atoms with van der Waals surface area (Å²) < 4.78 is 0. The van der Waals surface area contributed by atoms with Crippen molar-refractivity contribution in [2.45, 2.75) is 19.3 Å². The third kappa shape index (κ3) is 2.76. The minimum Gasteiger partial charge on any atom is -0.545 e. The summed E-state index contributed by atoms with van der Waals surface area (Å²) >= 11 is 0. The first kappa shape index (κ1) is 14.7. The van der Waals surface area contributed by atoms with Crippen molar-refractivity contribution < 1.29 is 14.8 Å². The van der Waals surface area contributed by atoms with Crippen LogP contribution in [0.5, 0.6) is 0 Å². The van der Waals surface area contributed by atoms with Gasteiger partial charge in [-0.25, -0.2) is 0 Å². The van der Waals surface area contributed by atoms with E-state index in [2.05, 4.69) is 0 Å². The Bertz CT molecular complexity index is 693. The Balaban J connectivity index is 2.67. The highest BCUT2D eigenvalue weighted by Crippen LogP contribution is 2.35. The predicted molar refractivity (Wildman–Crippen MR) is 76.0 cm³/mol. The zero-order valence-corrected chi connectivity index (χ0v) is 11.7. The average molecular weight is 284 g/mol. The summed E-state index contributed by atoms with van der Waals surface area (Å²) in [4.78, 5) is 21.7. The molecule has 0 atom stereocenters. The lowest BCUT2D eigenvalue weighted by Gasteiger charge is -2.28. The lowest BCUT2D eigenvalue weighted by atomic mass is 9.76. The molecule has 0 N–H and O–H groups in total. The average Bonchev–Trinajstić information content (AvgIpc) is 2.47. The Morgan fingerprint density at radius 2 is 1.71 bits per heavy atom. The fourth-order valence-electron chi connectivity index (χ4n) is 2.35. The number of non-ortho nitro benzene ring substituents is 1. The van der Waals surface area contributed by atoms with E-state index < -0.39 is 16.3 Å². The molecule has 0 amide bonds. The molecule has 0 saturated heterocycles. The van der Waals surface area contributed by atoms with Crippen LogP contribution in [0.25, 0.3) is 0 Å². The van der Waals surface area contributed by atoms with Gasteiger partial charge >= 0.3 is 0 Å². The second kappa shape index (κ2) is 5.36. The summed E-state index contributed by atoms with van der Waals surface area (Å²) in [6.07, 6.45) is 0. The number of nitro groups is 1. The minimum absolute atomic E-state index is 0.0329. The van der Waals surface area contributed by atoms with Crippen LogP contribution in [-0.4, -0.2) is 10.9 Å². The minimum atomic E-state index is -1.34. The zero-order chi connectivity index (χ0) is 15.6. The molecule has 2 aromatic rings. The first-order chi connectivity index (χ1) is 9.84. The number of rotatable bonds is 4. The summed E-state index contributed by atoms with van der Waals surface area (Å²) in [6.45, 7) is 3.65. The van der Waals surface area contributed by atoms with Crippen molar-refractivity contribution in [3.8, 4) is 0 Å². The van der Waals surface area contributed by atoms with Gasteiger partial charge in [-0.1, -0.05) is 44.2 Å². The smallest absolute Gasteiger partial charge is 0.269 e. The Labute approximate surface area is 122 Å². The fraction of sp³-hybridized carbons (Fsp3) is 0.188. The monoisotopic (exact) mass is 284 g/mol. The Kier molecular flexibility index (Phi) is 3.76. The number of hydrogen-bond acceptors (Lipinski definition) is 4. The Morgan fingerprint density at radius 1 is 1.10 bits per heavy atom. The molecule has 0 saturated carbocycles. The molecule has 0 heterocycles. The number of carboxylic acid groups (broad SMARTS) is 1. The SMILES string of the molecule is CC(C)(c1ccccc1)c1cc([N+](=O)[O-])ccc1C(=O)[O-]. The summed E-state index contributed by atoms with van der Waals surface area (Å²) in [7, 11) is 0. The van der Waals surface area contributed by atoms with Crippen molar-refractivity contribution in [3.05, 3.63) is 75.3 Å². The van der Waals surface area contributed by atoms with Gasteiger partial charge in [0.15, 0.2) is 0 Å². The van der Waals surface area contributed by atoms with Crippen LogP contribution in [0.2, 0.25) is 0 Å². The Hall–Kier alpha value is -2.69. The maximum Gasteiger partial charge on any atom is 0.269 e. The maximum absolute atomic E-state index is 11.3. The van der Waals surface area contributed by atoms with Crippen LogP contribution in [0.3, 0.4) is 0 Å². The summed E-state index contributed by atoms with van der Waals surface area (Å²) in [5.41, 5.74) is 0.368. The van der Waals surface area contributed by atoms with Gasteiger partial charge in [0.05, 0.1) is 10.9 Å². The van der Waals surface area contributed by atoms with E-state index in [0.29, 0.717) is 5.56 Å². The number of aromatic carboxylic acids is 1. The molecule has 21 heavy (non-hydrogen) atoms. The molecule has 5 nitrogen and oxygen atoms in total. The molecule has 0 aromatic heterocycles. The van der Waals surface area contributed by atoms with Crippen LogP contribution in [0.15, 0.2) is 48.5 Å². The lowest BCUT2D eigenvalue weighted by molar-refractivity contribution is -0.385. The quantitative estimate of drug-likeness (QED) is 0.637. The molecule has 0 aliphatic rings. The van der Waals surface area contributed by atoms with Gasteiger partial charge in [-0.15, -0.1) is 0 Å². The van der Waals surface area contributed by atoms with Crippen LogP contribution in [0.4, 0.5) is 5.69 Å². The molecule has 0 unspecified atom stereocenters. The molecule has 0 bridgehead atoms. The molecular formula is C16H14NO4-. The van der Waals surface area contributed by atoms with E-state index in [1.165, 1.54) is 18.2 Å². The van der Waals surface area contributed by atoms with E-state index in [4.69, 9.17) is 0 Å². The lowest BCUT2D eigenvalue weighted by Crippen LogP contribution is -2.29. The first-order valence-electron chi connectivity index (χ1n) is 6.40. The van der Waals surface area contributed by atoms with Crippen molar-refractivity contribution >= 4 is 11.7 Å². The topological polar surface area (TPSA) is 83.3 Å². The van der Waals surface area contributed by atoms with E-state index >= 15 is 0 Å². The van der Waals surface area contributed by atoms with Gasteiger partial charge in [0.2, 0.25) is 0 Å². The number of carboxylic acids is 1. The standard InChI is InChI=1S/C16H15NO4/c1-16(2,11-6-4-3-5-7-11)14-10-12(17(20)21)8-9-13(14)15(18)19/h3-10H,1-2H3,(H,18,19)/p-1. The second-order valence-corrected chi connectivity index (χ2v) is 5.27. The van der Waals surface area contributed by atoms with E-state index in [9.17, 15) is 20.0 Å². The van der Waals surface area contributed by atoms with Crippen LogP contribution < -0.4 is 5.11 Å². The van der Waals surface area contributed by atoms with Crippen molar-refractivity contribution in [3.63, 3.8) is 0 Å². The number of carbonyl (C=O) groups excluding carboxylic acids is 1. The third-order valence-electron chi connectivity index (χ3n) is 3.60. The molecule has 2 aromatic carbocycles. The number of benzene rings is 2. The molecule has 5 heteroatoms. The van der Waals surface area contributed by atoms with Crippen molar-refractivity contribution in [1.29, 1.82) is 0 Å². The molecular weight excluding hydrogens is 270 g/mol. The van der Waals surface area contributed by atoms with E-state index in [0.717, 1.165) is 5.56 Å². The number of nitrogens with zero attached hydrogens (tertiary/aromatic N) is 1. The fourth-order valence-corrected chi connectivity index (χ4v) is 2.35. The maximum atomic E-state index is 11.3. The van der Waals surface area contributed by atoms with Gasteiger partial charge < -0.3 is 9.90 Å². The van der Waals surface area contributed by atoms with Crippen molar-refractivity contribution in [2.24, 2.45) is 0 Å². The van der Waals surface area contributed by atoms with Crippen LogP contribution in [0.1, 0.15) is 35.3 Å². The number of carbonyl (C=O) groups is 1. The molecule has 0 spiro atoms. The van der Waals surface area contributed by atoms with Crippen LogP contribution in [-0.2, 0) is 5.41 Å². The Morgan fingerprint density at radius 3 is 2.24 bits per heavy atom. The molecule has 2 rings (SSSR count). The van der Waals surface area contributed by atoms with Gasteiger partial charge in [0, 0.05) is 23.1 Å². The first-order valence-corrected chi connectivity index (χ1v) is 6.40. The van der Waals surface area contributed by atoms with Gasteiger partial charge in [0.1, 0.15) is 0 Å². The van der Waals surface area contributed by atoms with Gasteiger partial charge in [0.25, 0.3) is 5.69 Å². The highest BCUT2D eigenvalue weighted by Gasteiger charge is 2.28. The summed E-state index contributed by atoms with van der Waals surface area (Å²) in [5.74, 6) is -1.34. The molecule has 0 fully saturated rings. The third-order valence-corrected chi connectivity index (χ3v) is 3.60. The van der Waals surface area contributed by atoms with E-state index in [-0.39, 0.29) is 11.3 Å². The van der Waals surface area contributed by atoms with Gasteiger partial charge in [-0.3, -0.25) is 10.1 Å². The molecule has 0 aliphatic heterocycles.